The largest absolute Gasteiger partial charge is 0.397 e. The van der Waals surface area contributed by atoms with E-state index in [4.69, 9.17) is 5.73 Å². The Balaban J connectivity index is 1.82. The van der Waals surface area contributed by atoms with Crippen LogP contribution in [0.25, 0.3) is 0 Å². The Labute approximate surface area is 114 Å². The first-order valence-electron chi connectivity index (χ1n) is 7.14. The molecule has 0 atom stereocenters. The van der Waals surface area contributed by atoms with Crippen molar-refractivity contribution in [3.63, 3.8) is 0 Å². The summed E-state index contributed by atoms with van der Waals surface area (Å²) >= 11 is 0. The molecule has 0 unspecified atom stereocenters. The highest BCUT2D eigenvalue weighted by Gasteiger charge is 2.23. The van der Waals surface area contributed by atoms with Gasteiger partial charge in [0.1, 0.15) is 0 Å². The summed E-state index contributed by atoms with van der Waals surface area (Å²) in [7, 11) is 0. The fourth-order valence-electron chi connectivity index (χ4n) is 3.14. The van der Waals surface area contributed by atoms with Crippen molar-refractivity contribution in [3.05, 3.63) is 17.7 Å². The third-order valence-corrected chi connectivity index (χ3v) is 4.41. The molecule has 2 aliphatic rings. The van der Waals surface area contributed by atoms with Gasteiger partial charge in [0.15, 0.2) is 0 Å². The third kappa shape index (κ3) is 2.27. The number of carbonyl (C=O) groups is 1. The fourth-order valence-corrected chi connectivity index (χ4v) is 3.14. The maximum absolute atomic E-state index is 11.4. The molecule has 3 rings (SSSR count). The van der Waals surface area contributed by atoms with Crippen LogP contribution in [0, 0.1) is 5.92 Å². The number of carbonyl (C=O) groups excluding carboxylic acids is 1. The zero-order chi connectivity index (χ0) is 13.4. The number of nitrogens with two attached hydrogens (primary N) is 1. The molecule has 0 aromatic heterocycles. The predicted octanol–water partition coefficient (Wildman–Crippen LogP) is 2.39. The maximum atomic E-state index is 11.4. The van der Waals surface area contributed by atoms with Gasteiger partial charge in [-0.25, -0.2) is 0 Å². The van der Waals surface area contributed by atoms with Crippen molar-refractivity contribution in [2.24, 2.45) is 5.92 Å². The van der Waals surface area contributed by atoms with Crippen LogP contribution in [-0.4, -0.2) is 19.0 Å². The molecule has 0 bridgehead atoms. The van der Waals surface area contributed by atoms with Crippen molar-refractivity contribution in [2.75, 3.05) is 29.0 Å². The molecular formula is C15H21N3O. The standard InChI is InChI=1S/C15H21N3O/c1-2-10-3-5-18(6-4-10)14-9-13-11(7-12(14)16)8-15(19)17-13/h7,9-10H,2-6,8,16H2,1H3,(H,17,19). The molecule has 0 saturated carbocycles. The summed E-state index contributed by atoms with van der Waals surface area (Å²) in [5.41, 5.74) is 9.99. The molecule has 1 aromatic rings. The highest BCUT2D eigenvalue weighted by molar-refractivity contribution is 6.00. The van der Waals surface area contributed by atoms with E-state index in [-0.39, 0.29) is 5.91 Å². The first kappa shape index (κ1) is 12.3. The SMILES string of the molecule is CCC1CCN(c2cc3c(cc2N)CC(=O)N3)CC1. The molecule has 102 valence electrons. The molecule has 4 heteroatoms. The van der Waals surface area contributed by atoms with Gasteiger partial charge in [-0.2, -0.15) is 0 Å². The number of nitrogens with one attached hydrogen (secondary N) is 1. The van der Waals surface area contributed by atoms with Crippen molar-refractivity contribution in [2.45, 2.75) is 32.6 Å². The van der Waals surface area contributed by atoms with Crippen molar-refractivity contribution < 1.29 is 4.79 Å². The van der Waals surface area contributed by atoms with Gasteiger partial charge in [0.2, 0.25) is 5.91 Å². The van der Waals surface area contributed by atoms with Gasteiger partial charge in [0.25, 0.3) is 0 Å². The molecule has 4 nitrogen and oxygen atoms in total. The second kappa shape index (κ2) is 4.76. The van der Waals surface area contributed by atoms with Gasteiger partial charge in [0.05, 0.1) is 17.8 Å². The smallest absolute Gasteiger partial charge is 0.228 e. The Morgan fingerprint density at radius 2 is 2.11 bits per heavy atom. The molecular weight excluding hydrogens is 238 g/mol. The van der Waals surface area contributed by atoms with E-state index >= 15 is 0 Å². The average molecular weight is 259 g/mol. The van der Waals surface area contributed by atoms with Crippen LogP contribution in [0.3, 0.4) is 0 Å². The van der Waals surface area contributed by atoms with Gasteiger partial charge in [-0.05, 0) is 36.5 Å². The van der Waals surface area contributed by atoms with Crippen LogP contribution in [0.2, 0.25) is 0 Å². The summed E-state index contributed by atoms with van der Waals surface area (Å²) in [6, 6.07) is 4.00. The Kier molecular flexibility index (Phi) is 3.09. The molecule has 0 aliphatic carbocycles. The number of piperidine rings is 1. The van der Waals surface area contributed by atoms with Gasteiger partial charge in [0, 0.05) is 18.8 Å². The molecule has 1 amide bonds. The van der Waals surface area contributed by atoms with Crippen molar-refractivity contribution in [1.82, 2.24) is 0 Å². The molecule has 19 heavy (non-hydrogen) atoms. The van der Waals surface area contributed by atoms with Crippen LogP contribution < -0.4 is 16.0 Å². The number of amides is 1. The van der Waals surface area contributed by atoms with Crippen LogP contribution in [-0.2, 0) is 11.2 Å². The van der Waals surface area contributed by atoms with E-state index in [0.717, 1.165) is 41.6 Å². The number of anilines is 3. The first-order chi connectivity index (χ1) is 9.17. The van der Waals surface area contributed by atoms with Crippen LogP contribution in [0.15, 0.2) is 12.1 Å². The molecule has 1 fully saturated rings. The summed E-state index contributed by atoms with van der Waals surface area (Å²) in [5.74, 6) is 0.919. The molecule has 3 N–H and O–H groups in total. The lowest BCUT2D eigenvalue weighted by atomic mass is 9.94. The van der Waals surface area contributed by atoms with E-state index in [1.807, 2.05) is 12.1 Å². The fraction of sp³-hybridized carbons (Fsp3) is 0.533. The number of hydrogen-bond donors (Lipinski definition) is 2. The molecule has 0 spiro atoms. The molecule has 2 heterocycles. The minimum Gasteiger partial charge on any atom is -0.397 e. The third-order valence-electron chi connectivity index (χ3n) is 4.41. The topological polar surface area (TPSA) is 58.4 Å². The van der Waals surface area contributed by atoms with E-state index in [9.17, 15) is 4.79 Å². The summed E-state index contributed by atoms with van der Waals surface area (Å²) < 4.78 is 0. The number of nitrogen functional groups attached to an aromatic ring is 1. The van der Waals surface area contributed by atoms with Gasteiger partial charge in [-0.3, -0.25) is 4.79 Å². The van der Waals surface area contributed by atoms with E-state index < -0.39 is 0 Å². The van der Waals surface area contributed by atoms with Crippen LogP contribution in [0.1, 0.15) is 31.7 Å². The number of hydrogen-bond acceptors (Lipinski definition) is 3. The summed E-state index contributed by atoms with van der Waals surface area (Å²) in [4.78, 5) is 13.8. The zero-order valence-corrected chi connectivity index (χ0v) is 11.4. The van der Waals surface area contributed by atoms with E-state index in [0.29, 0.717) is 6.42 Å². The van der Waals surface area contributed by atoms with Gasteiger partial charge < -0.3 is 16.0 Å². The lowest BCUT2D eigenvalue weighted by molar-refractivity contribution is -0.115. The summed E-state index contributed by atoms with van der Waals surface area (Å²) in [6.45, 7) is 4.39. The lowest BCUT2D eigenvalue weighted by Crippen LogP contribution is -2.34. The monoisotopic (exact) mass is 259 g/mol. The van der Waals surface area contributed by atoms with Crippen LogP contribution in [0.4, 0.5) is 17.1 Å². The van der Waals surface area contributed by atoms with Crippen LogP contribution in [0.5, 0.6) is 0 Å². The Hall–Kier alpha value is -1.71. The molecule has 1 saturated heterocycles. The van der Waals surface area contributed by atoms with Gasteiger partial charge in [-0.1, -0.05) is 13.3 Å². The first-order valence-corrected chi connectivity index (χ1v) is 7.14. The zero-order valence-electron chi connectivity index (χ0n) is 11.4. The molecule has 0 radical (unpaired) electrons. The molecule has 1 aromatic carbocycles. The van der Waals surface area contributed by atoms with E-state index in [1.165, 1.54) is 19.3 Å². The second-order valence-electron chi connectivity index (χ2n) is 5.63. The number of nitrogens with zero attached hydrogens (tertiary/aromatic N) is 1. The van der Waals surface area contributed by atoms with Gasteiger partial charge >= 0.3 is 0 Å². The minimum atomic E-state index is 0.0660. The number of fused-ring (bicyclic) bond motifs is 1. The van der Waals surface area contributed by atoms with Gasteiger partial charge in [-0.15, -0.1) is 0 Å². The lowest BCUT2D eigenvalue weighted by Gasteiger charge is -2.34. The predicted molar refractivity (Wildman–Crippen MR) is 78.4 cm³/mol. The molecule has 2 aliphatic heterocycles. The highest BCUT2D eigenvalue weighted by Crippen LogP contribution is 2.35. The minimum absolute atomic E-state index is 0.0660. The quantitative estimate of drug-likeness (QED) is 0.802. The highest BCUT2D eigenvalue weighted by atomic mass is 16.1. The second-order valence-corrected chi connectivity index (χ2v) is 5.63. The van der Waals surface area contributed by atoms with Crippen molar-refractivity contribution in [1.29, 1.82) is 0 Å². The number of rotatable bonds is 2. The van der Waals surface area contributed by atoms with Crippen molar-refractivity contribution in [3.8, 4) is 0 Å². The Morgan fingerprint density at radius 3 is 2.79 bits per heavy atom. The Bertz CT molecular complexity index is 504. The average Bonchev–Trinajstić information content (AvgIpc) is 2.77. The summed E-state index contributed by atoms with van der Waals surface area (Å²) in [5, 5.41) is 2.90. The van der Waals surface area contributed by atoms with E-state index in [2.05, 4.69) is 17.1 Å². The number of benzene rings is 1. The normalized spacial score (nSPS) is 19.4. The van der Waals surface area contributed by atoms with E-state index in [1.54, 1.807) is 0 Å². The Morgan fingerprint density at radius 1 is 1.37 bits per heavy atom. The van der Waals surface area contributed by atoms with Crippen molar-refractivity contribution >= 4 is 23.0 Å². The maximum Gasteiger partial charge on any atom is 0.228 e. The van der Waals surface area contributed by atoms with Crippen LogP contribution >= 0.6 is 0 Å². The summed E-state index contributed by atoms with van der Waals surface area (Å²) in [6.07, 6.45) is 4.19.